The van der Waals surface area contributed by atoms with Gasteiger partial charge in [-0.05, 0) is 30.3 Å². The van der Waals surface area contributed by atoms with Gasteiger partial charge in [-0.1, -0.05) is 0 Å². The summed E-state index contributed by atoms with van der Waals surface area (Å²) in [6, 6.07) is 8.96. The SMILES string of the molecule is CC(=O)Nc1ccc(F)c(C(=O)N(C)c2ccc([N+](=O)[O-])cc2)c1. The van der Waals surface area contributed by atoms with Gasteiger partial charge in [-0.3, -0.25) is 19.7 Å². The number of non-ortho nitro benzene ring substituents is 1. The zero-order valence-corrected chi connectivity index (χ0v) is 12.9. The molecule has 0 radical (unpaired) electrons. The molecule has 0 unspecified atom stereocenters. The molecule has 2 rings (SSSR count). The third kappa shape index (κ3) is 3.72. The number of nitro groups is 1. The Hall–Kier alpha value is -3.29. The Kier molecular flexibility index (Phi) is 4.88. The van der Waals surface area contributed by atoms with E-state index in [0.717, 1.165) is 6.07 Å². The fraction of sp³-hybridized carbons (Fsp3) is 0.125. The number of nitro benzene ring substituents is 1. The maximum atomic E-state index is 14.0. The molecule has 0 saturated heterocycles. The molecule has 2 aromatic carbocycles. The molecule has 0 aliphatic rings. The molecule has 2 aromatic rings. The third-order valence-electron chi connectivity index (χ3n) is 3.27. The van der Waals surface area contributed by atoms with Crippen molar-refractivity contribution in [3.8, 4) is 0 Å². The summed E-state index contributed by atoms with van der Waals surface area (Å²) in [4.78, 5) is 34.8. The van der Waals surface area contributed by atoms with E-state index in [9.17, 15) is 24.1 Å². The summed E-state index contributed by atoms with van der Waals surface area (Å²) in [6.07, 6.45) is 0. The molecule has 0 saturated carbocycles. The molecule has 0 aliphatic carbocycles. The van der Waals surface area contributed by atoms with Gasteiger partial charge < -0.3 is 10.2 Å². The summed E-state index contributed by atoms with van der Waals surface area (Å²) >= 11 is 0. The zero-order chi connectivity index (χ0) is 17.9. The Bertz CT molecular complexity index is 805. The summed E-state index contributed by atoms with van der Waals surface area (Å²) in [7, 11) is 1.42. The average Bonchev–Trinajstić information content (AvgIpc) is 2.55. The second-order valence-electron chi connectivity index (χ2n) is 5.01. The van der Waals surface area contributed by atoms with Gasteiger partial charge in [0.2, 0.25) is 5.91 Å². The van der Waals surface area contributed by atoms with Gasteiger partial charge in [0.25, 0.3) is 11.6 Å². The standard InChI is InChI=1S/C16H14FN3O4/c1-10(21)18-11-3-8-15(17)14(9-11)16(22)19(2)12-4-6-13(7-5-12)20(23)24/h3-9H,1-2H3,(H,18,21). The highest BCUT2D eigenvalue weighted by Gasteiger charge is 2.19. The molecule has 0 aliphatic heterocycles. The van der Waals surface area contributed by atoms with Crippen LogP contribution in [0.15, 0.2) is 42.5 Å². The van der Waals surface area contributed by atoms with Crippen LogP contribution in [0.5, 0.6) is 0 Å². The number of anilines is 2. The van der Waals surface area contributed by atoms with Crippen LogP contribution in [0.2, 0.25) is 0 Å². The number of benzene rings is 2. The first-order valence-corrected chi connectivity index (χ1v) is 6.89. The molecular formula is C16H14FN3O4. The lowest BCUT2D eigenvalue weighted by Crippen LogP contribution is -2.27. The van der Waals surface area contributed by atoms with Gasteiger partial charge in [0.1, 0.15) is 5.82 Å². The van der Waals surface area contributed by atoms with E-state index in [1.165, 1.54) is 55.3 Å². The van der Waals surface area contributed by atoms with Crippen molar-refractivity contribution in [2.24, 2.45) is 0 Å². The van der Waals surface area contributed by atoms with E-state index in [2.05, 4.69) is 5.32 Å². The molecule has 0 atom stereocenters. The third-order valence-corrected chi connectivity index (χ3v) is 3.27. The smallest absolute Gasteiger partial charge is 0.269 e. The molecule has 0 fully saturated rings. The predicted molar refractivity (Wildman–Crippen MR) is 86.5 cm³/mol. The number of nitrogens with zero attached hydrogens (tertiary/aromatic N) is 2. The van der Waals surface area contributed by atoms with Gasteiger partial charge in [-0.15, -0.1) is 0 Å². The Labute approximate surface area is 136 Å². The second kappa shape index (κ2) is 6.86. The minimum atomic E-state index is -0.733. The molecule has 0 aromatic heterocycles. The summed E-state index contributed by atoms with van der Waals surface area (Å²) in [5, 5.41) is 13.1. The minimum absolute atomic E-state index is 0.113. The van der Waals surface area contributed by atoms with E-state index < -0.39 is 16.6 Å². The summed E-state index contributed by atoms with van der Waals surface area (Å²) < 4.78 is 14.0. The lowest BCUT2D eigenvalue weighted by atomic mass is 10.1. The predicted octanol–water partition coefficient (Wildman–Crippen LogP) is 2.97. The summed E-state index contributed by atoms with van der Waals surface area (Å²) in [6.45, 7) is 1.30. The number of rotatable bonds is 4. The van der Waals surface area contributed by atoms with Crippen molar-refractivity contribution < 1.29 is 18.9 Å². The molecule has 7 nitrogen and oxygen atoms in total. The van der Waals surface area contributed by atoms with Crippen molar-refractivity contribution >= 4 is 28.9 Å². The number of carbonyl (C=O) groups is 2. The highest BCUT2D eigenvalue weighted by molar-refractivity contribution is 6.06. The molecular weight excluding hydrogens is 317 g/mol. The first-order chi connectivity index (χ1) is 11.3. The molecule has 0 bridgehead atoms. The van der Waals surface area contributed by atoms with Crippen LogP contribution in [0.25, 0.3) is 0 Å². The Morgan fingerprint density at radius 2 is 1.79 bits per heavy atom. The Morgan fingerprint density at radius 3 is 2.33 bits per heavy atom. The Balaban J connectivity index is 2.29. The fourth-order valence-corrected chi connectivity index (χ4v) is 2.07. The van der Waals surface area contributed by atoms with Crippen LogP contribution in [0.3, 0.4) is 0 Å². The van der Waals surface area contributed by atoms with Gasteiger partial charge in [0.05, 0.1) is 10.5 Å². The second-order valence-corrected chi connectivity index (χ2v) is 5.01. The number of hydrogen-bond donors (Lipinski definition) is 1. The van der Waals surface area contributed by atoms with Crippen molar-refractivity contribution in [2.75, 3.05) is 17.3 Å². The quantitative estimate of drug-likeness (QED) is 0.688. The fourth-order valence-electron chi connectivity index (χ4n) is 2.07. The van der Waals surface area contributed by atoms with Crippen LogP contribution in [-0.4, -0.2) is 23.8 Å². The van der Waals surface area contributed by atoms with E-state index in [1.807, 2.05) is 0 Å². The monoisotopic (exact) mass is 331 g/mol. The Morgan fingerprint density at radius 1 is 1.17 bits per heavy atom. The molecule has 0 spiro atoms. The maximum absolute atomic E-state index is 14.0. The lowest BCUT2D eigenvalue weighted by molar-refractivity contribution is -0.384. The number of halogens is 1. The van der Waals surface area contributed by atoms with E-state index >= 15 is 0 Å². The van der Waals surface area contributed by atoms with Crippen LogP contribution in [0.4, 0.5) is 21.5 Å². The normalized spacial score (nSPS) is 10.1. The minimum Gasteiger partial charge on any atom is -0.326 e. The van der Waals surface area contributed by atoms with Crippen molar-refractivity contribution in [1.82, 2.24) is 0 Å². The zero-order valence-electron chi connectivity index (χ0n) is 12.9. The highest BCUT2D eigenvalue weighted by atomic mass is 19.1. The molecule has 1 N–H and O–H groups in total. The van der Waals surface area contributed by atoms with Crippen molar-refractivity contribution in [1.29, 1.82) is 0 Å². The largest absolute Gasteiger partial charge is 0.326 e. The van der Waals surface area contributed by atoms with Crippen LogP contribution in [0.1, 0.15) is 17.3 Å². The van der Waals surface area contributed by atoms with E-state index in [-0.39, 0.29) is 17.2 Å². The average molecular weight is 331 g/mol. The summed E-state index contributed by atoms with van der Waals surface area (Å²) in [5.74, 6) is -1.72. The van der Waals surface area contributed by atoms with Crippen LogP contribution in [-0.2, 0) is 4.79 Å². The van der Waals surface area contributed by atoms with Gasteiger partial charge in [0.15, 0.2) is 0 Å². The molecule has 124 valence electrons. The van der Waals surface area contributed by atoms with E-state index in [1.54, 1.807) is 0 Å². The lowest BCUT2D eigenvalue weighted by Gasteiger charge is -2.18. The van der Waals surface area contributed by atoms with Crippen LogP contribution < -0.4 is 10.2 Å². The first-order valence-electron chi connectivity index (χ1n) is 6.89. The van der Waals surface area contributed by atoms with Gasteiger partial charge in [0, 0.05) is 37.5 Å². The van der Waals surface area contributed by atoms with Crippen molar-refractivity contribution in [3.63, 3.8) is 0 Å². The number of amides is 2. The van der Waals surface area contributed by atoms with Crippen LogP contribution >= 0.6 is 0 Å². The van der Waals surface area contributed by atoms with Gasteiger partial charge in [-0.2, -0.15) is 0 Å². The molecule has 2 amide bonds. The van der Waals surface area contributed by atoms with Crippen molar-refractivity contribution in [2.45, 2.75) is 6.92 Å². The maximum Gasteiger partial charge on any atom is 0.269 e. The molecule has 8 heteroatoms. The van der Waals surface area contributed by atoms with Crippen molar-refractivity contribution in [3.05, 3.63) is 64.0 Å². The first kappa shape index (κ1) is 17.1. The number of nitrogens with one attached hydrogen (secondary N) is 1. The molecule has 24 heavy (non-hydrogen) atoms. The van der Waals surface area contributed by atoms with E-state index in [4.69, 9.17) is 0 Å². The van der Waals surface area contributed by atoms with E-state index in [0.29, 0.717) is 11.4 Å². The topological polar surface area (TPSA) is 92.6 Å². The van der Waals surface area contributed by atoms with Gasteiger partial charge >= 0.3 is 0 Å². The molecule has 0 heterocycles. The number of carbonyl (C=O) groups excluding carboxylic acids is 2. The van der Waals surface area contributed by atoms with Gasteiger partial charge in [-0.25, -0.2) is 4.39 Å². The highest BCUT2D eigenvalue weighted by Crippen LogP contribution is 2.22. The number of hydrogen-bond acceptors (Lipinski definition) is 4. The summed E-state index contributed by atoms with van der Waals surface area (Å²) in [5.41, 5.74) is 0.333. The van der Waals surface area contributed by atoms with Crippen LogP contribution in [0, 0.1) is 15.9 Å².